The van der Waals surface area contributed by atoms with Gasteiger partial charge in [0.05, 0.1) is 17.9 Å². The molecule has 138 valence electrons. The summed E-state index contributed by atoms with van der Waals surface area (Å²) in [6, 6.07) is 2.68. The Morgan fingerprint density at radius 2 is 1.96 bits per heavy atom. The molecule has 25 heavy (non-hydrogen) atoms. The van der Waals surface area contributed by atoms with Gasteiger partial charge in [-0.25, -0.2) is 18.3 Å². The SMILES string of the molecule is CCn1nc(C(C)(C)C)cc1NC(=O)NCc1cc(C(F)F)nn1C. The van der Waals surface area contributed by atoms with Crippen LogP contribution in [0, 0.1) is 0 Å². The summed E-state index contributed by atoms with van der Waals surface area (Å²) in [4.78, 5) is 12.1. The Balaban J connectivity index is 2.02. The Kier molecular flexibility index (Phi) is 5.44. The highest BCUT2D eigenvalue weighted by Gasteiger charge is 2.20. The summed E-state index contributed by atoms with van der Waals surface area (Å²) in [6.07, 6.45) is -2.64. The predicted octanol–water partition coefficient (Wildman–Crippen LogP) is 3.19. The zero-order valence-corrected chi connectivity index (χ0v) is 15.1. The number of aromatic nitrogens is 4. The van der Waals surface area contributed by atoms with Gasteiger partial charge in [-0.05, 0) is 13.0 Å². The van der Waals surface area contributed by atoms with E-state index in [1.165, 1.54) is 10.7 Å². The van der Waals surface area contributed by atoms with E-state index in [0.717, 1.165) is 5.69 Å². The zero-order valence-electron chi connectivity index (χ0n) is 15.1. The largest absolute Gasteiger partial charge is 0.332 e. The molecule has 0 fully saturated rings. The fourth-order valence-electron chi connectivity index (χ4n) is 2.26. The lowest BCUT2D eigenvalue weighted by Crippen LogP contribution is -2.29. The number of carbonyl (C=O) groups is 1. The molecule has 0 aliphatic heterocycles. The van der Waals surface area contributed by atoms with Crippen LogP contribution in [0.15, 0.2) is 12.1 Å². The summed E-state index contributed by atoms with van der Waals surface area (Å²) in [6.45, 7) is 8.77. The maximum Gasteiger partial charge on any atom is 0.320 e. The number of amides is 2. The van der Waals surface area contributed by atoms with Crippen molar-refractivity contribution >= 4 is 11.8 Å². The summed E-state index contributed by atoms with van der Waals surface area (Å²) in [5.74, 6) is 0.586. The molecule has 7 nitrogen and oxygen atoms in total. The average Bonchev–Trinajstić information content (AvgIpc) is 3.08. The van der Waals surface area contributed by atoms with Crippen LogP contribution in [0.3, 0.4) is 0 Å². The Labute approximate surface area is 145 Å². The van der Waals surface area contributed by atoms with Crippen LogP contribution in [-0.4, -0.2) is 25.6 Å². The van der Waals surface area contributed by atoms with Gasteiger partial charge in [-0.1, -0.05) is 20.8 Å². The van der Waals surface area contributed by atoms with E-state index in [-0.39, 0.29) is 17.7 Å². The maximum atomic E-state index is 12.6. The van der Waals surface area contributed by atoms with Crippen LogP contribution < -0.4 is 10.6 Å². The van der Waals surface area contributed by atoms with Crippen LogP contribution in [0.4, 0.5) is 19.4 Å². The average molecular weight is 354 g/mol. The van der Waals surface area contributed by atoms with Gasteiger partial charge in [0.2, 0.25) is 0 Å². The first-order valence-corrected chi connectivity index (χ1v) is 8.06. The van der Waals surface area contributed by atoms with Crippen molar-refractivity contribution in [3.05, 3.63) is 29.2 Å². The highest BCUT2D eigenvalue weighted by Crippen LogP contribution is 2.24. The lowest BCUT2D eigenvalue weighted by molar-refractivity contribution is 0.145. The van der Waals surface area contributed by atoms with Gasteiger partial charge in [-0.3, -0.25) is 10.00 Å². The van der Waals surface area contributed by atoms with Crippen LogP contribution in [0.5, 0.6) is 0 Å². The van der Waals surface area contributed by atoms with Gasteiger partial charge in [0.15, 0.2) is 0 Å². The molecule has 0 saturated carbocycles. The minimum Gasteiger partial charge on any atom is -0.332 e. The third kappa shape index (κ3) is 4.55. The third-order valence-electron chi connectivity index (χ3n) is 3.74. The molecule has 2 amide bonds. The van der Waals surface area contributed by atoms with Crippen LogP contribution in [0.25, 0.3) is 0 Å². The maximum absolute atomic E-state index is 12.6. The molecule has 0 aliphatic rings. The van der Waals surface area contributed by atoms with Gasteiger partial charge < -0.3 is 5.32 Å². The van der Waals surface area contributed by atoms with Crippen molar-refractivity contribution in [2.24, 2.45) is 7.05 Å². The molecule has 2 heterocycles. The Bertz CT molecular complexity index is 744. The molecule has 2 aromatic rings. The van der Waals surface area contributed by atoms with Crippen LogP contribution in [0.2, 0.25) is 0 Å². The van der Waals surface area contributed by atoms with E-state index in [4.69, 9.17) is 0 Å². The highest BCUT2D eigenvalue weighted by atomic mass is 19.3. The third-order valence-corrected chi connectivity index (χ3v) is 3.74. The minimum absolute atomic E-state index is 0.0917. The number of hydrogen-bond acceptors (Lipinski definition) is 3. The summed E-state index contributed by atoms with van der Waals surface area (Å²) in [5, 5.41) is 13.6. The molecule has 0 radical (unpaired) electrons. The van der Waals surface area contributed by atoms with Gasteiger partial charge >= 0.3 is 6.03 Å². The second-order valence-electron chi connectivity index (χ2n) is 6.77. The lowest BCUT2D eigenvalue weighted by atomic mass is 9.92. The van der Waals surface area contributed by atoms with Crippen molar-refractivity contribution in [3.63, 3.8) is 0 Å². The fraction of sp³-hybridized carbons (Fsp3) is 0.562. The topological polar surface area (TPSA) is 76.8 Å². The summed E-state index contributed by atoms with van der Waals surface area (Å²) >= 11 is 0. The van der Waals surface area contributed by atoms with Gasteiger partial charge in [0, 0.05) is 25.1 Å². The van der Waals surface area contributed by atoms with Gasteiger partial charge in [-0.2, -0.15) is 10.2 Å². The number of aryl methyl sites for hydroxylation is 2. The molecule has 0 aromatic carbocycles. The van der Waals surface area contributed by atoms with Crippen molar-refractivity contribution in [1.82, 2.24) is 24.9 Å². The van der Waals surface area contributed by atoms with E-state index in [9.17, 15) is 13.6 Å². The monoisotopic (exact) mass is 354 g/mol. The second-order valence-corrected chi connectivity index (χ2v) is 6.77. The molecule has 0 saturated heterocycles. The smallest absolute Gasteiger partial charge is 0.320 e. The summed E-state index contributed by atoms with van der Waals surface area (Å²) in [5.41, 5.74) is 0.925. The van der Waals surface area contributed by atoms with Gasteiger partial charge in [-0.15, -0.1) is 0 Å². The van der Waals surface area contributed by atoms with Crippen LogP contribution >= 0.6 is 0 Å². The number of hydrogen-bond donors (Lipinski definition) is 2. The molecular weight excluding hydrogens is 330 g/mol. The normalized spacial score (nSPS) is 11.8. The summed E-state index contributed by atoms with van der Waals surface area (Å²) < 4.78 is 28.3. The van der Waals surface area contributed by atoms with Crippen molar-refractivity contribution < 1.29 is 13.6 Å². The first-order valence-electron chi connectivity index (χ1n) is 8.06. The van der Waals surface area contributed by atoms with E-state index in [1.54, 1.807) is 11.7 Å². The second kappa shape index (κ2) is 7.20. The van der Waals surface area contributed by atoms with Gasteiger partial charge in [0.25, 0.3) is 6.43 Å². The van der Waals surface area contributed by atoms with E-state index in [0.29, 0.717) is 18.1 Å². The zero-order chi connectivity index (χ0) is 18.8. The molecule has 2 rings (SSSR count). The standard InChI is InChI=1S/C16H24F2N6O/c1-6-24-13(8-12(22-24)16(2,3)4)20-15(25)19-9-10-7-11(14(17)18)21-23(10)5/h7-8,14H,6,9H2,1-5H3,(H2,19,20,25). The molecule has 0 atom stereocenters. The first-order chi connectivity index (χ1) is 11.6. The lowest BCUT2D eigenvalue weighted by Gasteiger charge is -2.13. The molecule has 0 aliphatic carbocycles. The van der Waals surface area contributed by atoms with Crippen molar-refractivity contribution in [1.29, 1.82) is 0 Å². The molecule has 0 bridgehead atoms. The molecule has 2 N–H and O–H groups in total. The number of carbonyl (C=O) groups excluding carboxylic acids is 1. The number of nitrogens with one attached hydrogen (secondary N) is 2. The molecule has 0 unspecified atom stereocenters. The van der Waals surface area contributed by atoms with E-state index < -0.39 is 12.5 Å². The Morgan fingerprint density at radius 3 is 2.48 bits per heavy atom. The van der Waals surface area contributed by atoms with E-state index in [2.05, 4.69) is 20.8 Å². The van der Waals surface area contributed by atoms with Crippen molar-refractivity contribution in [2.45, 2.75) is 52.6 Å². The summed E-state index contributed by atoms with van der Waals surface area (Å²) in [7, 11) is 1.56. The number of alkyl halides is 2. The Morgan fingerprint density at radius 1 is 1.28 bits per heavy atom. The number of halogens is 2. The van der Waals surface area contributed by atoms with Crippen molar-refractivity contribution in [3.8, 4) is 0 Å². The quantitative estimate of drug-likeness (QED) is 0.866. The van der Waals surface area contributed by atoms with Crippen LogP contribution in [-0.2, 0) is 25.6 Å². The molecular formula is C16H24F2N6O. The van der Waals surface area contributed by atoms with Gasteiger partial charge in [0.1, 0.15) is 11.5 Å². The molecule has 2 aromatic heterocycles. The number of nitrogens with zero attached hydrogens (tertiary/aromatic N) is 4. The first kappa shape index (κ1) is 18.9. The highest BCUT2D eigenvalue weighted by molar-refractivity contribution is 5.88. The minimum atomic E-state index is -2.64. The Hall–Kier alpha value is -2.45. The predicted molar refractivity (Wildman–Crippen MR) is 90.6 cm³/mol. The molecule has 0 spiro atoms. The number of anilines is 1. The van der Waals surface area contributed by atoms with E-state index >= 15 is 0 Å². The molecule has 9 heteroatoms. The van der Waals surface area contributed by atoms with Crippen LogP contribution in [0.1, 0.15) is 51.2 Å². The number of urea groups is 1. The van der Waals surface area contributed by atoms with Crippen molar-refractivity contribution in [2.75, 3.05) is 5.32 Å². The fourth-order valence-corrected chi connectivity index (χ4v) is 2.26. The van der Waals surface area contributed by atoms with E-state index in [1.807, 2.05) is 33.8 Å². The number of rotatable bonds is 5.